The van der Waals surface area contributed by atoms with E-state index in [1.54, 1.807) is 29.9 Å². The minimum atomic E-state index is -3.52. The van der Waals surface area contributed by atoms with Crippen LogP contribution >= 0.6 is 22.7 Å². The highest BCUT2D eigenvalue weighted by molar-refractivity contribution is 7.91. The molecule has 4 rings (SSSR count). The second-order valence-electron chi connectivity index (χ2n) is 6.71. The van der Waals surface area contributed by atoms with Crippen molar-refractivity contribution < 1.29 is 13.2 Å². The van der Waals surface area contributed by atoms with Crippen LogP contribution in [-0.4, -0.2) is 41.7 Å². The summed E-state index contributed by atoms with van der Waals surface area (Å²) in [7, 11) is -3.52. The summed E-state index contributed by atoms with van der Waals surface area (Å²) in [6.07, 6.45) is 4.79. The van der Waals surface area contributed by atoms with Gasteiger partial charge in [-0.1, -0.05) is 6.07 Å². The number of thiophene rings is 1. The quantitative estimate of drug-likeness (QED) is 0.626. The summed E-state index contributed by atoms with van der Waals surface area (Å²) in [5, 5.41) is 7.42. The van der Waals surface area contributed by atoms with Gasteiger partial charge in [-0.15, -0.1) is 22.7 Å². The standard InChI is InChI=1S/C19H20N4O3S3/c24-19(21-11-17-22-16(13-28-17)14-5-7-20-8-6-14)15-3-1-9-23(12-15)29(25,26)18-4-2-10-27-18/h2,4-8,10,13,15H,1,3,9,11-12H2,(H,21,24). The Kier molecular flexibility index (Phi) is 6.04. The Labute approximate surface area is 177 Å². The monoisotopic (exact) mass is 448 g/mol. The Hall–Kier alpha value is -2.14. The number of piperidine rings is 1. The van der Waals surface area contributed by atoms with Crippen molar-refractivity contribution in [1.82, 2.24) is 19.6 Å². The van der Waals surface area contributed by atoms with Gasteiger partial charge in [-0.2, -0.15) is 4.31 Å². The second-order valence-corrected chi connectivity index (χ2v) is 10.8. The molecule has 1 saturated heterocycles. The third-order valence-electron chi connectivity index (χ3n) is 4.79. The lowest BCUT2D eigenvalue weighted by Crippen LogP contribution is -2.45. The van der Waals surface area contributed by atoms with Crippen LogP contribution < -0.4 is 5.32 Å². The van der Waals surface area contributed by atoms with Crippen molar-refractivity contribution in [2.24, 2.45) is 5.92 Å². The molecule has 3 aromatic rings. The molecule has 0 spiro atoms. The van der Waals surface area contributed by atoms with Gasteiger partial charge in [0.2, 0.25) is 5.91 Å². The van der Waals surface area contributed by atoms with Crippen LogP contribution in [0.3, 0.4) is 0 Å². The smallest absolute Gasteiger partial charge is 0.252 e. The fourth-order valence-electron chi connectivity index (χ4n) is 3.27. The first-order chi connectivity index (χ1) is 14.0. The van der Waals surface area contributed by atoms with Crippen molar-refractivity contribution >= 4 is 38.6 Å². The van der Waals surface area contributed by atoms with Gasteiger partial charge in [0, 0.05) is 36.4 Å². The number of sulfonamides is 1. The molecule has 7 nitrogen and oxygen atoms in total. The number of rotatable bonds is 6. The molecule has 0 aliphatic carbocycles. The van der Waals surface area contributed by atoms with Crippen molar-refractivity contribution in [3.8, 4) is 11.3 Å². The lowest BCUT2D eigenvalue weighted by Gasteiger charge is -2.30. The number of carbonyl (C=O) groups is 1. The molecule has 1 aliphatic heterocycles. The Balaban J connectivity index is 1.36. The van der Waals surface area contributed by atoms with Gasteiger partial charge in [0.05, 0.1) is 18.2 Å². The molecule has 1 N–H and O–H groups in total. The molecule has 3 aromatic heterocycles. The molecular weight excluding hydrogens is 428 g/mol. The molecule has 1 unspecified atom stereocenters. The van der Waals surface area contributed by atoms with Crippen LogP contribution in [0, 0.1) is 5.92 Å². The van der Waals surface area contributed by atoms with Gasteiger partial charge < -0.3 is 5.32 Å². The van der Waals surface area contributed by atoms with Gasteiger partial charge in [-0.3, -0.25) is 9.78 Å². The summed E-state index contributed by atoms with van der Waals surface area (Å²) < 4.78 is 27.2. The normalized spacial score (nSPS) is 17.9. The zero-order valence-corrected chi connectivity index (χ0v) is 18.0. The highest BCUT2D eigenvalue weighted by Crippen LogP contribution is 2.26. The number of hydrogen-bond donors (Lipinski definition) is 1. The fourth-order valence-corrected chi connectivity index (χ4v) is 6.68. The summed E-state index contributed by atoms with van der Waals surface area (Å²) in [4.78, 5) is 21.2. The number of thiazole rings is 1. The van der Waals surface area contributed by atoms with E-state index in [-0.39, 0.29) is 18.4 Å². The topological polar surface area (TPSA) is 92.3 Å². The van der Waals surface area contributed by atoms with Crippen LogP contribution in [0.5, 0.6) is 0 Å². The predicted molar refractivity (Wildman–Crippen MR) is 113 cm³/mol. The maximum absolute atomic E-state index is 12.7. The Morgan fingerprint density at radius 2 is 2.07 bits per heavy atom. The number of nitrogens with one attached hydrogen (secondary N) is 1. The summed E-state index contributed by atoms with van der Waals surface area (Å²) in [5.41, 5.74) is 1.84. The van der Waals surface area contributed by atoms with E-state index in [0.717, 1.165) is 16.3 Å². The molecule has 0 radical (unpaired) electrons. The van der Waals surface area contributed by atoms with E-state index < -0.39 is 10.0 Å². The zero-order chi connectivity index (χ0) is 20.3. The van der Waals surface area contributed by atoms with Crippen LogP contribution in [0.25, 0.3) is 11.3 Å². The van der Waals surface area contributed by atoms with Crippen molar-refractivity contribution in [2.75, 3.05) is 13.1 Å². The molecule has 0 saturated carbocycles. The molecule has 1 amide bonds. The first-order valence-electron chi connectivity index (χ1n) is 9.20. The molecule has 1 aliphatic rings. The zero-order valence-electron chi connectivity index (χ0n) is 15.5. The summed E-state index contributed by atoms with van der Waals surface area (Å²) in [6.45, 7) is 1.00. The second kappa shape index (κ2) is 8.70. The Bertz CT molecular complexity index is 1070. The lowest BCUT2D eigenvalue weighted by atomic mass is 9.99. The number of pyridine rings is 1. The van der Waals surface area contributed by atoms with Gasteiger partial charge in [0.1, 0.15) is 9.22 Å². The van der Waals surface area contributed by atoms with Crippen LogP contribution in [0.4, 0.5) is 0 Å². The van der Waals surface area contributed by atoms with Gasteiger partial charge in [0.15, 0.2) is 0 Å². The van der Waals surface area contributed by atoms with Gasteiger partial charge in [-0.25, -0.2) is 13.4 Å². The van der Waals surface area contributed by atoms with Crippen molar-refractivity contribution in [3.63, 3.8) is 0 Å². The molecule has 0 bridgehead atoms. The van der Waals surface area contributed by atoms with E-state index in [0.29, 0.717) is 30.1 Å². The number of hydrogen-bond acceptors (Lipinski definition) is 7. The van der Waals surface area contributed by atoms with Gasteiger partial charge in [-0.05, 0) is 36.4 Å². The van der Waals surface area contributed by atoms with Crippen molar-refractivity contribution in [1.29, 1.82) is 0 Å². The van der Waals surface area contributed by atoms with E-state index in [4.69, 9.17) is 0 Å². The third kappa shape index (κ3) is 4.55. The molecule has 0 aromatic carbocycles. The van der Waals surface area contributed by atoms with E-state index in [1.807, 2.05) is 17.5 Å². The lowest BCUT2D eigenvalue weighted by molar-refractivity contribution is -0.126. The summed E-state index contributed by atoms with van der Waals surface area (Å²) >= 11 is 2.69. The van der Waals surface area contributed by atoms with Crippen LogP contribution in [-0.2, 0) is 21.4 Å². The molecule has 1 fully saturated rings. The maximum atomic E-state index is 12.7. The predicted octanol–water partition coefficient (Wildman–Crippen LogP) is 2.98. The largest absolute Gasteiger partial charge is 0.349 e. The molecular formula is C19H20N4O3S3. The third-order valence-corrected chi connectivity index (χ3v) is 8.87. The van der Waals surface area contributed by atoms with Gasteiger partial charge >= 0.3 is 0 Å². The van der Waals surface area contributed by atoms with Crippen molar-refractivity contribution in [3.05, 3.63) is 52.4 Å². The van der Waals surface area contributed by atoms with Crippen LogP contribution in [0.1, 0.15) is 17.8 Å². The number of nitrogens with zero attached hydrogens (tertiary/aromatic N) is 3. The molecule has 1 atom stereocenters. The molecule has 29 heavy (non-hydrogen) atoms. The first-order valence-corrected chi connectivity index (χ1v) is 12.4. The van der Waals surface area contributed by atoms with E-state index >= 15 is 0 Å². The Morgan fingerprint density at radius 3 is 2.83 bits per heavy atom. The van der Waals surface area contributed by atoms with Gasteiger partial charge in [0.25, 0.3) is 10.0 Å². The van der Waals surface area contributed by atoms with Crippen LogP contribution in [0.2, 0.25) is 0 Å². The highest BCUT2D eigenvalue weighted by Gasteiger charge is 2.33. The number of amides is 1. The Morgan fingerprint density at radius 1 is 1.24 bits per heavy atom. The minimum Gasteiger partial charge on any atom is -0.349 e. The SMILES string of the molecule is O=C(NCc1nc(-c2ccncc2)cs1)C1CCCN(S(=O)(=O)c2cccs2)C1. The van der Waals surface area contributed by atoms with Crippen molar-refractivity contribution in [2.45, 2.75) is 23.6 Å². The summed E-state index contributed by atoms with van der Waals surface area (Å²) in [6, 6.07) is 7.11. The molecule has 152 valence electrons. The first kappa shape index (κ1) is 20.1. The number of aromatic nitrogens is 2. The fraction of sp³-hybridized carbons (Fsp3) is 0.316. The minimum absolute atomic E-state index is 0.128. The number of carbonyl (C=O) groups excluding carboxylic acids is 1. The van der Waals surface area contributed by atoms with E-state index in [9.17, 15) is 13.2 Å². The molecule has 10 heteroatoms. The van der Waals surface area contributed by atoms with E-state index in [1.165, 1.54) is 27.0 Å². The van der Waals surface area contributed by atoms with Crippen LogP contribution in [0.15, 0.2) is 51.6 Å². The van der Waals surface area contributed by atoms with E-state index in [2.05, 4.69) is 15.3 Å². The average molecular weight is 449 g/mol. The molecule has 4 heterocycles. The maximum Gasteiger partial charge on any atom is 0.252 e. The average Bonchev–Trinajstić information content (AvgIpc) is 3.45. The highest BCUT2D eigenvalue weighted by atomic mass is 32.2. The summed E-state index contributed by atoms with van der Waals surface area (Å²) in [5.74, 6) is -0.477.